The molecule has 0 atom stereocenters. The number of benzene rings is 1. The molecule has 0 spiro atoms. The lowest BCUT2D eigenvalue weighted by Gasteiger charge is -2.25. The van der Waals surface area contributed by atoms with Crippen molar-refractivity contribution >= 4 is 28.2 Å². The van der Waals surface area contributed by atoms with Gasteiger partial charge in [-0.2, -0.15) is 5.26 Å². The topological polar surface area (TPSA) is 39.9 Å². The molecule has 1 aromatic carbocycles. The van der Waals surface area contributed by atoms with Crippen LogP contribution in [0.15, 0.2) is 18.3 Å². The molecule has 108 valence electrons. The average Bonchev–Trinajstić information content (AvgIpc) is 2.78. The Bertz CT molecular complexity index is 716. The first-order valence-electron chi connectivity index (χ1n) is 7.14. The van der Waals surface area contributed by atoms with Crippen LogP contribution in [-0.2, 0) is 0 Å². The Labute approximate surface area is 128 Å². The fourth-order valence-electron chi connectivity index (χ4n) is 2.92. The Morgan fingerprint density at radius 3 is 2.57 bits per heavy atom. The van der Waals surface area contributed by atoms with Gasteiger partial charge in [0.25, 0.3) is 0 Å². The van der Waals surface area contributed by atoms with Crippen molar-refractivity contribution < 1.29 is 4.39 Å². The highest BCUT2D eigenvalue weighted by Gasteiger charge is 2.20. The highest BCUT2D eigenvalue weighted by Crippen LogP contribution is 2.36. The summed E-state index contributed by atoms with van der Waals surface area (Å²) in [6, 6.07) is 5.01. The largest absolute Gasteiger partial charge is 0.370 e. The predicted molar refractivity (Wildman–Crippen MR) is 82.1 cm³/mol. The SMILES string of the molecule is N#Cc1cnc2c(F)ccc(Cl)c2c1N1CCCCCC1. The fourth-order valence-corrected chi connectivity index (χ4v) is 3.16. The van der Waals surface area contributed by atoms with Crippen molar-refractivity contribution in [3.05, 3.63) is 34.7 Å². The summed E-state index contributed by atoms with van der Waals surface area (Å²) >= 11 is 6.28. The maximum absolute atomic E-state index is 14.0. The third-order valence-electron chi connectivity index (χ3n) is 3.94. The van der Waals surface area contributed by atoms with Crippen molar-refractivity contribution in [3.63, 3.8) is 0 Å². The molecule has 0 bridgehead atoms. The van der Waals surface area contributed by atoms with Crippen LogP contribution in [0.1, 0.15) is 31.2 Å². The third kappa shape index (κ3) is 2.54. The van der Waals surface area contributed by atoms with E-state index in [1.165, 1.54) is 31.2 Å². The van der Waals surface area contributed by atoms with Gasteiger partial charge in [0.2, 0.25) is 0 Å². The molecule has 21 heavy (non-hydrogen) atoms. The molecule has 1 saturated heterocycles. The minimum atomic E-state index is -0.407. The molecule has 3 nitrogen and oxygen atoms in total. The minimum Gasteiger partial charge on any atom is -0.370 e. The van der Waals surface area contributed by atoms with Gasteiger partial charge >= 0.3 is 0 Å². The predicted octanol–water partition coefficient (Wildman–Crippen LogP) is 4.28. The summed E-state index contributed by atoms with van der Waals surface area (Å²) in [5.41, 5.74) is 1.42. The van der Waals surface area contributed by atoms with Gasteiger partial charge in [-0.25, -0.2) is 4.39 Å². The van der Waals surface area contributed by atoms with Gasteiger partial charge in [-0.15, -0.1) is 0 Å². The van der Waals surface area contributed by atoms with E-state index in [1.807, 2.05) is 0 Å². The summed E-state index contributed by atoms with van der Waals surface area (Å²) < 4.78 is 14.0. The van der Waals surface area contributed by atoms with E-state index < -0.39 is 5.82 Å². The van der Waals surface area contributed by atoms with Crippen LogP contribution in [-0.4, -0.2) is 18.1 Å². The number of nitriles is 1. The van der Waals surface area contributed by atoms with E-state index in [0.717, 1.165) is 31.6 Å². The third-order valence-corrected chi connectivity index (χ3v) is 4.25. The molecule has 2 aromatic rings. The van der Waals surface area contributed by atoms with Gasteiger partial charge in [-0.1, -0.05) is 24.4 Å². The molecule has 2 heterocycles. The molecule has 1 aliphatic heterocycles. The molecule has 0 radical (unpaired) electrons. The van der Waals surface area contributed by atoms with Gasteiger partial charge in [0.15, 0.2) is 0 Å². The van der Waals surface area contributed by atoms with Crippen LogP contribution in [0.25, 0.3) is 10.9 Å². The lowest BCUT2D eigenvalue weighted by molar-refractivity contribution is 0.636. The van der Waals surface area contributed by atoms with E-state index in [9.17, 15) is 9.65 Å². The first-order chi connectivity index (χ1) is 10.2. The zero-order valence-corrected chi connectivity index (χ0v) is 12.3. The van der Waals surface area contributed by atoms with Crippen LogP contribution >= 0.6 is 11.6 Å². The molecule has 0 saturated carbocycles. The Balaban J connectivity index is 2.27. The average molecular weight is 304 g/mol. The Morgan fingerprint density at radius 2 is 1.90 bits per heavy atom. The number of anilines is 1. The van der Waals surface area contributed by atoms with Crippen LogP contribution in [0.2, 0.25) is 5.02 Å². The monoisotopic (exact) mass is 303 g/mol. The number of rotatable bonds is 1. The summed E-state index contributed by atoms with van der Waals surface area (Å²) in [7, 11) is 0. The van der Waals surface area contributed by atoms with Crippen molar-refractivity contribution in [2.24, 2.45) is 0 Å². The summed E-state index contributed by atoms with van der Waals surface area (Å²) in [4.78, 5) is 6.24. The number of pyridine rings is 1. The van der Waals surface area contributed by atoms with Crippen LogP contribution in [0.4, 0.5) is 10.1 Å². The maximum Gasteiger partial charge on any atom is 0.149 e. The summed E-state index contributed by atoms with van der Waals surface area (Å²) in [6.45, 7) is 1.72. The van der Waals surface area contributed by atoms with E-state index in [4.69, 9.17) is 11.6 Å². The number of hydrogen-bond acceptors (Lipinski definition) is 3. The summed E-state index contributed by atoms with van der Waals surface area (Å²) in [5, 5.41) is 10.4. The van der Waals surface area contributed by atoms with Crippen LogP contribution in [0, 0.1) is 17.1 Å². The maximum atomic E-state index is 14.0. The molecule has 1 aliphatic rings. The molecule has 0 N–H and O–H groups in total. The van der Waals surface area contributed by atoms with E-state index in [2.05, 4.69) is 16.0 Å². The zero-order valence-electron chi connectivity index (χ0n) is 11.6. The first kappa shape index (κ1) is 14.1. The molecular weight excluding hydrogens is 289 g/mol. The van der Waals surface area contributed by atoms with E-state index >= 15 is 0 Å². The van der Waals surface area contributed by atoms with Crippen molar-refractivity contribution in [2.75, 3.05) is 18.0 Å². The molecule has 1 aromatic heterocycles. The molecule has 0 unspecified atom stereocenters. The molecular formula is C16H15ClFN3. The van der Waals surface area contributed by atoms with Gasteiger partial charge in [0, 0.05) is 24.7 Å². The van der Waals surface area contributed by atoms with E-state index in [-0.39, 0.29) is 5.52 Å². The van der Waals surface area contributed by atoms with Crippen molar-refractivity contribution in [3.8, 4) is 6.07 Å². The summed E-state index contributed by atoms with van der Waals surface area (Å²) in [5.74, 6) is -0.407. The first-order valence-corrected chi connectivity index (χ1v) is 7.52. The minimum absolute atomic E-state index is 0.237. The number of nitrogens with zero attached hydrogens (tertiary/aromatic N) is 3. The van der Waals surface area contributed by atoms with E-state index in [1.54, 1.807) is 0 Å². The lowest BCUT2D eigenvalue weighted by atomic mass is 10.1. The van der Waals surface area contributed by atoms with Crippen molar-refractivity contribution in [1.82, 2.24) is 4.98 Å². The zero-order chi connectivity index (χ0) is 14.8. The molecule has 1 fully saturated rings. The van der Waals surface area contributed by atoms with Gasteiger partial charge in [0.05, 0.1) is 16.3 Å². The van der Waals surface area contributed by atoms with Gasteiger partial charge in [-0.3, -0.25) is 4.98 Å². The van der Waals surface area contributed by atoms with Crippen molar-refractivity contribution in [2.45, 2.75) is 25.7 Å². The Hall–Kier alpha value is -1.86. The number of hydrogen-bond donors (Lipinski definition) is 0. The van der Waals surface area contributed by atoms with Crippen LogP contribution in [0.5, 0.6) is 0 Å². The lowest BCUT2D eigenvalue weighted by Crippen LogP contribution is -2.25. The molecule has 0 amide bonds. The highest BCUT2D eigenvalue weighted by atomic mass is 35.5. The second kappa shape index (κ2) is 5.87. The van der Waals surface area contributed by atoms with Crippen molar-refractivity contribution in [1.29, 1.82) is 5.26 Å². The molecule has 3 rings (SSSR count). The molecule has 0 aliphatic carbocycles. The van der Waals surface area contributed by atoms with Gasteiger partial charge in [0.1, 0.15) is 17.4 Å². The smallest absolute Gasteiger partial charge is 0.149 e. The molecule has 5 heteroatoms. The van der Waals surface area contributed by atoms with E-state index in [0.29, 0.717) is 16.0 Å². The number of fused-ring (bicyclic) bond motifs is 1. The quantitative estimate of drug-likeness (QED) is 0.789. The second-order valence-corrected chi connectivity index (χ2v) is 5.69. The Kier molecular flexibility index (Phi) is 3.94. The number of aromatic nitrogens is 1. The van der Waals surface area contributed by atoms with Gasteiger partial charge < -0.3 is 4.90 Å². The number of halogens is 2. The summed E-state index contributed by atoms with van der Waals surface area (Å²) in [6.07, 6.45) is 5.96. The van der Waals surface area contributed by atoms with Crippen LogP contribution < -0.4 is 4.90 Å². The van der Waals surface area contributed by atoms with Gasteiger partial charge in [-0.05, 0) is 25.0 Å². The normalized spacial score (nSPS) is 15.8. The standard InChI is InChI=1S/C16H15ClFN3/c17-12-5-6-13(18)15-14(12)16(11(9-19)10-20-15)21-7-3-1-2-4-8-21/h5-6,10H,1-4,7-8H2. The Morgan fingerprint density at radius 1 is 1.19 bits per heavy atom. The fraction of sp³-hybridized carbons (Fsp3) is 0.375. The highest BCUT2D eigenvalue weighted by molar-refractivity contribution is 6.36. The van der Waals surface area contributed by atoms with Crippen LogP contribution in [0.3, 0.4) is 0 Å². The second-order valence-electron chi connectivity index (χ2n) is 5.29.